The molecule has 1 fully saturated rings. The first-order valence-electron chi connectivity index (χ1n) is 7.33. The number of piperidine rings is 1. The van der Waals surface area contributed by atoms with Crippen LogP contribution in [0.4, 0.5) is 5.69 Å². The van der Waals surface area contributed by atoms with Gasteiger partial charge in [-0.05, 0) is 71.1 Å². The quantitative estimate of drug-likeness (QED) is 0.867. The minimum atomic E-state index is -0.0512. The summed E-state index contributed by atoms with van der Waals surface area (Å²) in [7, 11) is 0. The Balaban J connectivity index is 1.75. The summed E-state index contributed by atoms with van der Waals surface area (Å²) in [5.41, 5.74) is 2.05. The van der Waals surface area contributed by atoms with Gasteiger partial charge < -0.3 is 15.1 Å². The predicted molar refractivity (Wildman–Crippen MR) is 89.6 cm³/mol. The van der Waals surface area contributed by atoms with E-state index in [1.54, 1.807) is 0 Å². The summed E-state index contributed by atoms with van der Waals surface area (Å²) in [6.45, 7) is 2.45. The molecule has 2 atom stereocenters. The summed E-state index contributed by atoms with van der Waals surface area (Å²) in [5, 5.41) is 6.29. The van der Waals surface area contributed by atoms with Crippen molar-refractivity contribution in [3.8, 4) is 0 Å². The molecule has 4 nitrogen and oxygen atoms in total. The molecule has 0 bridgehead atoms. The molecular formula is C17H18BrN2O2. The highest BCUT2D eigenvalue weighted by Gasteiger charge is 2.26. The molecule has 1 aromatic carbocycles. The van der Waals surface area contributed by atoms with Crippen LogP contribution in [-0.2, 0) is 4.79 Å². The standard InChI is InChI=1S/C17H18BrN2O2/c1-11(21)20-14-4-2-3-12(9-14)13-7-8-19-15(10-13)16-5-6-17(18)22-16/h2-6,9-10,13,15,19H,7-8H2,1H3,(H,20,21). The molecule has 2 heterocycles. The van der Waals surface area contributed by atoms with Crippen molar-refractivity contribution >= 4 is 27.5 Å². The van der Waals surface area contributed by atoms with Gasteiger partial charge in [-0.2, -0.15) is 0 Å². The van der Waals surface area contributed by atoms with E-state index in [1.165, 1.54) is 12.5 Å². The van der Waals surface area contributed by atoms with Gasteiger partial charge in [-0.3, -0.25) is 4.79 Å². The summed E-state index contributed by atoms with van der Waals surface area (Å²) in [6, 6.07) is 12.0. The fourth-order valence-corrected chi connectivity index (χ4v) is 3.13. The second-order valence-electron chi connectivity index (χ2n) is 5.47. The van der Waals surface area contributed by atoms with Crippen LogP contribution in [0.5, 0.6) is 0 Å². The van der Waals surface area contributed by atoms with E-state index in [0.717, 1.165) is 29.1 Å². The number of amides is 1. The molecule has 0 saturated carbocycles. The molecule has 1 aromatic heterocycles. The number of nitrogens with one attached hydrogen (secondary N) is 2. The zero-order valence-corrected chi connectivity index (χ0v) is 13.9. The fraction of sp³-hybridized carbons (Fsp3) is 0.294. The van der Waals surface area contributed by atoms with E-state index in [1.807, 2.05) is 30.3 Å². The van der Waals surface area contributed by atoms with E-state index in [4.69, 9.17) is 4.42 Å². The third-order valence-electron chi connectivity index (χ3n) is 3.78. The normalized spacial score (nSPS) is 21.5. The fourth-order valence-electron chi connectivity index (χ4n) is 2.81. The number of benzene rings is 1. The van der Waals surface area contributed by atoms with Crippen molar-refractivity contribution in [3.63, 3.8) is 0 Å². The maximum absolute atomic E-state index is 11.2. The Labute approximate surface area is 138 Å². The van der Waals surface area contributed by atoms with Gasteiger partial charge in [0, 0.05) is 12.6 Å². The Hall–Kier alpha value is -1.59. The number of halogens is 1. The number of carbonyl (C=O) groups is 1. The topological polar surface area (TPSA) is 54.3 Å². The van der Waals surface area contributed by atoms with Crippen molar-refractivity contribution in [2.24, 2.45) is 0 Å². The molecular weight excluding hydrogens is 344 g/mol. The van der Waals surface area contributed by atoms with Gasteiger partial charge in [-0.1, -0.05) is 12.1 Å². The van der Waals surface area contributed by atoms with Gasteiger partial charge in [0.2, 0.25) is 5.91 Å². The molecule has 2 N–H and O–H groups in total. The first-order chi connectivity index (χ1) is 10.6. The minimum absolute atomic E-state index is 0.0512. The summed E-state index contributed by atoms with van der Waals surface area (Å²) >= 11 is 3.34. The largest absolute Gasteiger partial charge is 0.453 e. The number of anilines is 1. The molecule has 1 aliphatic rings. The molecule has 3 rings (SSSR count). The molecule has 2 unspecified atom stereocenters. The summed E-state index contributed by atoms with van der Waals surface area (Å²) in [4.78, 5) is 11.2. The molecule has 1 radical (unpaired) electrons. The van der Waals surface area contributed by atoms with Crippen LogP contribution in [0.3, 0.4) is 0 Å². The predicted octanol–water partition coefficient (Wildman–Crippen LogP) is 4.02. The Morgan fingerprint density at radius 2 is 2.23 bits per heavy atom. The first kappa shape index (κ1) is 15.3. The van der Waals surface area contributed by atoms with E-state index in [-0.39, 0.29) is 11.9 Å². The maximum atomic E-state index is 11.2. The summed E-state index contributed by atoms with van der Waals surface area (Å²) in [5.74, 6) is 1.20. The SMILES string of the molecule is CC(=O)Nc1cccc(C2[CH]C(c3ccc(Br)o3)NCC2)c1. The molecule has 1 saturated heterocycles. The molecule has 115 valence electrons. The van der Waals surface area contributed by atoms with Crippen molar-refractivity contribution < 1.29 is 9.21 Å². The molecule has 1 aliphatic heterocycles. The number of hydrogen-bond acceptors (Lipinski definition) is 3. The number of carbonyl (C=O) groups excluding carboxylic acids is 1. The first-order valence-corrected chi connectivity index (χ1v) is 8.12. The van der Waals surface area contributed by atoms with Crippen LogP contribution >= 0.6 is 15.9 Å². The summed E-state index contributed by atoms with van der Waals surface area (Å²) < 4.78 is 6.39. The van der Waals surface area contributed by atoms with Crippen LogP contribution in [0, 0.1) is 6.42 Å². The van der Waals surface area contributed by atoms with E-state index in [0.29, 0.717) is 5.92 Å². The molecule has 22 heavy (non-hydrogen) atoms. The van der Waals surface area contributed by atoms with Gasteiger partial charge in [-0.15, -0.1) is 0 Å². The number of furan rings is 1. The third kappa shape index (κ3) is 3.59. The van der Waals surface area contributed by atoms with Gasteiger partial charge >= 0.3 is 0 Å². The lowest BCUT2D eigenvalue weighted by Crippen LogP contribution is -2.31. The second-order valence-corrected chi connectivity index (χ2v) is 6.25. The third-order valence-corrected chi connectivity index (χ3v) is 4.21. The zero-order chi connectivity index (χ0) is 15.5. The lowest BCUT2D eigenvalue weighted by atomic mass is 9.85. The molecule has 0 spiro atoms. The van der Waals surface area contributed by atoms with Crippen molar-refractivity contribution in [2.75, 3.05) is 11.9 Å². The van der Waals surface area contributed by atoms with Gasteiger partial charge in [0.1, 0.15) is 5.76 Å². The van der Waals surface area contributed by atoms with Crippen LogP contribution in [0.1, 0.15) is 36.6 Å². The maximum Gasteiger partial charge on any atom is 0.221 e. The highest BCUT2D eigenvalue weighted by Crippen LogP contribution is 2.35. The van der Waals surface area contributed by atoms with Crippen LogP contribution in [-0.4, -0.2) is 12.5 Å². The van der Waals surface area contributed by atoms with Crippen LogP contribution in [0.25, 0.3) is 0 Å². The smallest absolute Gasteiger partial charge is 0.221 e. The van der Waals surface area contributed by atoms with Crippen molar-refractivity contribution in [2.45, 2.75) is 25.3 Å². The highest BCUT2D eigenvalue weighted by atomic mass is 79.9. The van der Waals surface area contributed by atoms with E-state index in [2.05, 4.69) is 39.1 Å². The second kappa shape index (κ2) is 6.67. The lowest BCUT2D eigenvalue weighted by molar-refractivity contribution is -0.114. The van der Waals surface area contributed by atoms with Gasteiger partial charge in [-0.25, -0.2) is 0 Å². The molecule has 1 amide bonds. The molecule has 0 aliphatic carbocycles. The molecule has 5 heteroatoms. The van der Waals surface area contributed by atoms with Crippen molar-refractivity contribution in [1.82, 2.24) is 5.32 Å². The minimum Gasteiger partial charge on any atom is -0.453 e. The Morgan fingerprint density at radius 3 is 2.95 bits per heavy atom. The summed E-state index contributed by atoms with van der Waals surface area (Å²) in [6.07, 6.45) is 3.30. The Bertz CT molecular complexity index is 668. The lowest BCUT2D eigenvalue weighted by Gasteiger charge is -2.29. The Morgan fingerprint density at radius 1 is 1.36 bits per heavy atom. The average molecular weight is 362 g/mol. The van der Waals surface area contributed by atoms with E-state index in [9.17, 15) is 4.79 Å². The number of rotatable bonds is 3. The molecule has 2 aromatic rings. The average Bonchev–Trinajstić information content (AvgIpc) is 2.94. The number of hydrogen-bond donors (Lipinski definition) is 2. The van der Waals surface area contributed by atoms with Crippen LogP contribution in [0.2, 0.25) is 0 Å². The van der Waals surface area contributed by atoms with Crippen molar-refractivity contribution in [3.05, 3.63) is 58.8 Å². The van der Waals surface area contributed by atoms with Gasteiger partial charge in [0.05, 0.1) is 6.04 Å². The zero-order valence-electron chi connectivity index (χ0n) is 12.3. The monoisotopic (exact) mass is 361 g/mol. The highest BCUT2D eigenvalue weighted by molar-refractivity contribution is 9.10. The Kier molecular flexibility index (Phi) is 4.64. The van der Waals surface area contributed by atoms with Crippen LogP contribution in [0.15, 0.2) is 45.5 Å². The van der Waals surface area contributed by atoms with E-state index < -0.39 is 0 Å². The van der Waals surface area contributed by atoms with E-state index >= 15 is 0 Å². The van der Waals surface area contributed by atoms with Crippen molar-refractivity contribution in [1.29, 1.82) is 0 Å². The van der Waals surface area contributed by atoms with Gasteiger partial charge in [0.25, 0.3) is 0 Å². The van der Waals surface area contributed by atoms with Gasteiger partial charge in [0.15, 0.2) is 4.67 Å². The van der Waals surface area contributed by atoms with Crippen LogP contribution < -0.4 is 10.6 Å².